The van der Waals surface area contributed by atoms with Crippen LogP contribution in [0, 0.1) is 11.7 Å². The summed E-state index contributed by atoms with van der Waals surface area (Å²) >= 11 is 0. The number of rotatable bonds is 5. The molecule has 6 rings (SSSR count). The first-order chi connectivity index (χ1) is 18.0. The summed E-state index contributed by atoms with van der Waals surface area (Å²) in [6.07, 6.45) is 3.40. The second-order valence-electron chi connectivity index (χ2n) is 9.23. The molecule has 0 saturated heterocycles. The molecule has 0 spiro atoms. The van der Waals surface area contributed by atoms with Crippen LogP contribution in [-0.2, 0) is 4.79 Å². The van der Waals surface area contributed by atoms with E-state index in [1.807, 2.05) is 56.3 Å². The number of benzene rings is 3. The summed E-state index contributed by atoms with van der Waals surface area (Å²) in [5, 5.41) is 11.4. The maximum absolute atomic E-state index is 13.5. The molecule has 1 amide bonds. The van der Waals surface area contributed by atoms with Crippen LogP contribution in [0.3, 0.4) is 0 Å². The molecular formula is C29H23FN6O. The fourth-order valence-corrected chi connectivity index (χ4v) is 4.33. The van der Waals surface area contributed by atoms with Gasteiger partial charge in [-0.25, -0.2) is 9.37 Å². The molecular weight excluding hydrogens is 467 g/mol. The van der Waals surface area contributed by atoms with Gasteiger partial charge in [0.1, 0.15) is 11.5 Å². The van der Waals surface area contributed by atoms with E-state index in [1.54, 1.807) is 24.5 Å². The van der Waals surface area contributed by atoms with Crippen LogP contribution in [0.25, 0.3) is 55.7 Å². The number of carbonyl (C=O) groups excluding carboxylic acids is 1. The van der Waals surface area contributed by atoms with Crippen LogP contribution in [0.1, 0.15) is 13.8 Å². The summed E-state index contributed by atoms with van der Waals surface area (Å²) in [5.74, 6) is 0.168. The van der Waals surface area contributed by atoms with Crippen LogP contribution < -0.4 is 5.32 Å². The lowest BCUT2D eigenvalue weighted by Gasteiger charge is -2.09. The van der Waals surface area contributed by atoms with E-state index in [9.17, 15) is 9.18 Å². The number of hydrogen-bond acceptors (Lipinski definition) is 4. The number of para-hydroxylation sites is 1. The number of hydrogen-bond donors (Lipinski definition) is 3. The fourth-order valence-electron chi connectivity index (χ4n) is 4.33. The first kappa shape index (κ1) is 22.6. The predicted octanol–water partition coefficient (Wildman–Crippen LogP) is 6.57. The second kappa shape index (κ2) is 8.98. The highest BCUT2D eigenvalue weighted by molar-refractivity contribution is 5.98. The third-order valence-corrected chi connectivity index (χ3v) is 6.32. The highest BCUT2D eigenvalue weighted by Crippen LogP contribution is 2.33. The number of nitrogens with zero attached hydrogens (tertiary/aromatic N) is 3. The molecule has 0 bridgehead atoms. The van der Waals surface area contributed by atoms with Gasteiger partial charge in [-0.15, -0.1) is 0 Å². The van der Waals surface area contributed by atoms with E-state index in [-0.39, 0.29) is 17.6 Å². The number of aromatic nitrogens is 5. The van der Waals surface area contributed by atoms with Gasteiger partial charge in [-0.1, -0.05) is 44.2 Å². The number of carbonyl (C=O) groups is 1. The molecule has 37 heavy (non-hydrogen) atoms. The van der Waals surface area contributed by atoms with Crippen LogP contribution in [0.2, 0.25) is 0 Å². The molecule has 8 heteroatoms. The zero-order chi connectivity index (χ0) is 25.5. The smallest absolute Gasteiger partial charge is 0.226 e. The van der Waals surface area contributed by atoms with Gasteiger partial charge in [0.05, 0.1) is 28.4 Å². The zero-order valence-corrected chi connectivity index (χ0v) is 20.2. The van der Waals surface area contributed by atoms with Gasteiger partial charge < -0.3 is 10.3 Å². The predicted molar refractivity (Wildman–Crippen MR) is 143 cm³/mol. The monoisotopic (exact) mass is 490 g/mol. The lowest BCUT2D eigenvalue weighted by Crippen LogP contribution is -2.17. The van der Waals surface area contributed by atoms with Gasteiger partial charge in [0.25, 0.3) is 0 Å². The van der Waals surface area contributed by atoms with E-state index in [2.05, 4.69) is 25.5 Å². The van der Waals surface area contributed by atoms with Gasteiger partial charge >= 0.3 is 0 Å². The number of fused-ring (bicyclic) bond motifs is 2. The molecule has 3 aromatic heterocycles. The number of aromatic amines is 2. The van der Waals surface area contributed by atoms with E-state index in [1.165, 1.54) is 12.1 Å². The first-order valence-corrected chi connectivity index (χ1v) is 12.0. The Labute approximate surface area is 211 Å². The van der Waals surface area contributed by atoms with Gasteiger partial charge in [0.2, 0.25) is 5.91 Å². The van der Waals surface area contributed by atoms with Crippen LogP contribution in [0.15, 0.2) is 79.1 Å². The molecule has 0 fully saturated rings. The SMILES string of the molecule is CC(C)C(=O)Nc1cncc(-c2ccc3[nH]nc(-c4nc5c(-c6ccc(F)cc6)cccc5[nH]4)c3c2)c1. The van der Waals surface area contributed by atoms with Crippen LogP contribution in [0.5, 0.6) is 0 Å². The van der Waals surface area contributed by atoms with Crippen molar-refractivity contribution in [2.45, 2.75) is 13.8 Å². The van der Waals surface area contributed by atoms with E-state index < -0.39 is 0 Å². The summed E-state index contributed by atoms with van der Waals surface area (Å²) < 4.78 is 13.5. The summed E-state index contributed by atoms with van der Waals surface area (Å²) in [6, 6.07) is 20.2. The van der Waals surface area contributed by atoms with Gasteiger partial charge in [-0.2, -0.15) is 5.10 Å². The Hall–Kier alpha value is -4.85. The Morgan fingerprint density at radius 3 is 2.54 bits per heavy atom. The van der Waals surface area contributed by atoms with Crippen molar-refractivity contribution in [3.63, 3.8) is 0 Å². The van der Waals surface area contributed by atoms with Crippen LogP contribution in [-0.4, -0.2) is 31.1 Å². The zero-order valence-electron chi connectivity index (χ0n) is 20.2. The molecule has 0 unspecified atom stereocenters. The molecule has 0 aliphatic carbocycles. The van der Waals surface area contributed by atoms with Crippen molar-refractivity contribution in [3.05, 3.63) is 84.9 Å². The third-order valence-electron chi connectivity index (χ3n) is 6.32. The van der Waals surface area contributed by atoms with E-state index >= 15 is 0 Å². The van der Waals surface area contributed by atoms with Crippen molar-refractivity contribution in [2.24, 2.45) is 5.92 Å². The lowest BCUT2D eigenvalue weighted by molar-refractivity contribution is -0.118. The van der Waals surface area contributed by atoms with Crippen LogP contribution >= 0.6 is 0 Å². The standard InChI is InChI=1S/C29H23FN6O/c1-16(2)29(37)32-21-12-19(14-31-15-21)18-8-11-24-23(13-18)27(36-35-24)28-33-25-5-3-4-22(26(25)34-28)17-6-9-20(30)10-7-17/h3-16H,1-2H3,(H,32,37)(H,33,34)(H,35,36). The Morgan fingerprint density at radius 2 is 1.73 bits per heavy atom. The maximum Gasteiger partial charge on any atom is 0.226 e. The number of halogens is 1. The molecule has 6 aromatic rings. The highest BCUT2D eigenvalue weighted by atomic mass is 19.1. The second-order valence-corrected chi connectivity index (χ2v) is 9.23. The molecule has 3 aromatic carbocycles. The Morgan fingerprint density at radius 1 is 0.919 bits per heavy atom. The third kappa shape index (κ3) is 4.23. The number of anilines is 1. The minimum Gasteiger partial charge on any atom is -0.337 e. The molecule has 182 valence electrons. The maximum atomic E-state index is 13.5. The molecule has 0 saturated carbocycles. The van der Waals surface area contributed by atoms with Gasteiger partial charge in [-0.05, 0) is 47.5 Å². The summed E-state index contributed by atoms with van der Waals surface area (Å²) in [7, 11) is 0. The molecule has 0 aliphatic heterocycles. The fraction of sp³-hybridized carbons (Fsp3) is 0.103. The van der Waals surface area contributed by atoms with Crippen molar-refractivity contribution < 1.29 is 9.18 Å². The summed E-state index contributed by atoms with van der Waals surface area (Å²) in [4.78, 5) is 24.7. The van der Waals surface area contributed by atoms with Crippen molar-refractivity contribution in [2.75, 3.05) is 5.32 Å². The number of H-pyrrole nitrogens is 2. The van der Waals surface area contributed by atoms with Gasteiger partial charge in [0.15, 0.2) is 5.82 Å². The largest absolute Gasteiger partial charge is 0.337 e. The number of pyridine rings is 1. The molecule has 0 aliphatic rings. The van der Waals surface area contributed by atoms with E-state index in [0.29, 0.717) is 17.2 Å². The lowest BCUT2D eigenvalue weighted by atomic mass is 10.0. The van der Waals surface area contributed by atoms with Crippen molar-refractivity contribution >= 4 is 33.5 Å². The van der Waals surface area contributed by atoms with Crippen LogP contribution in [0.4, 0.5) is 10.1 Å². The Balaban J connectivity index is 1.41. The molecule has 0 atom stereocenters. The minimum atomic E-state index is -0.277. The highest BCUT2D eigenvalue weighted by Gasteiger charge is 2.16. The molecule has 7 nitrogen and oxygen atoms in total. The Bertz CT molecular complexity index is 1770. The average Bonchev–Trinajstić information content (AvgIpc) is 3.53. The first-order valence-electron chi connectivity index (χ1n) is 12.0. The number of imidazole rings is 1. The van der Waals surface area contributed by atoms with Gasteiger partial charge in [0, 0.05) is 28.6 Å². The topological polar surface area (TPSA) is 99.3 Å². The molecule has 0 radical (unpaired) electrons. The summed E-state index contributed by atoms with van der Waals surface area (Å²) in [6.45, 7) is 3.70. The van der Waals surface area contributed by atoms with Crippen molar-refractivity contribution in [1.82, 2.24) is 25.1 Å². The van der Waals surface area contributed by atoms with E-state index in [0.717, 1.165) is 44.2 Å². The molecule has 3 N–H and O–H groups in total. The van der Waals surface area contributed by atoms with E-state index in [4.69, 9.17) is 4.98 Å². The minimum absolute atomic E-state index is 0.0589. The summed E-state index contributed by atoms with van der Waals surface area (Å²) in [5.41, 5.74) is 7.46. The van der Waals surface area contributed by atoms with Crippen molar-refractivity contribution in [3.8, 4) is 33.8 Å². The molecule has 3 heterocycles. The average molecular weight is 491 g/mol. The van der Waals surface area contributed by atoms with Gasteiger partial charge in [-0.3, -0.25) is 14.9 Å². The number of nitrogens with one attached hydrogen (secondary N) is 3. The normalized spacial score (nSPS) is 11.5. The quantitative estimate of drug-likeness (QED) is 0.254. The Kier molecular flexibility index (Phi) is 5.49. The van der Waals surface area contributed by atoms with Crippen molar-refractivity contribution in [1.29, 1.82) is 0 Å². The number of amides is 1.